The van der Waals surface area contributed by atoms with Crippen molar-refractivity contribution in [3.05, 3.63) is 0 Å². The van der Waals surface area contributed by atoms with Crippen LogP contribution in [0.2, 0.25) is 0 Å². The van der Waals surface area contributed by atoms with Gasteiger partial charge in [-0.2, -0.15) is 0 Å². The number of hydrogen-bond acceptors (Lipinski definition) is 4. The molecule has 0 N–H and O–H groups in total. The summed E-state index contributed by atoms with van der Waals surface area (Å²) in [5, 5.41) is 0. The Morgan fingerprint density at radius 2 is 2.00 bits per heavy atom. The van der Waals surface area contributed by atoms with E-state index >= 15 is 0 Å². The molecule has 0 aromatic rings. The first-order chi connectivity index (χ1) is 7.72. The summed E-state index contributed by atoms with van der Waals surface area (Å²) < 4.78 is 9.01. The van der Waals surface area contributed by atoms with Crippen LogP contribution in [0.25, 0.3) is 0 Å². The van der Waals surface area contributed by atoms with Crippen LogP contribution in [0, 0.1) is 23.9 Å². The van der Waals surface area contributed by atoms with Gasteiger partial charge < -0.3 is 9.47 Å². The molecular formula is C12H16O4. The minimum absolute atomic E-state index is 0.105. The van der Waals surface area contributed by atoms with Crippen LogP contribution >= 0.6 is 0 Å². The second kappa shape index (κ2) is 15.5. The molecule has 0 aliphatic carbocycles. The number of carbonyl (C=O) groups excluding carboxylic acids is 2. The smallest absolute Gasteiger partial charge is 0.305 e. The molecule has 0 heterocycles. The lowest BCUT2D eigenvalue weighted by molar-refractivity contribution is -0.143. The quantitative estimate of drug-likeness (QED) is 0.410. The number of esters is 1. The van der Waals surface area contributed by atoms with Crippen LogP contribution in [0.15, 0.2) is 0 Å². The predicted octanol–water partition coefficient (Wildman–Crippen LogP) is 1.15. The topological polar surface area (TPSA) is 52.6 Å². The van der Waals surface area contributed by atoms with Gasteiger partial charge in [0, 0.05) is 12.3 Å². The van der Waals surface area contributed by atoms with Crippen LogP contribution in [0.4, 0.5) is 0 Å². The largest absolute Gasteiger partial charge is 0.466 e. The van der Waals surface area contributed by atoms with E-state index in [-0.39, 0.29) is 5.97 Å². The van der Waals surface area contributed by atoms with Crippen molar-refractivity contribution in [1.82, 2.24) is 0 Å². The van der Waals surface area contributed by atoms with Gasteiger partial charge in [0.15, 0.2) is 6.29 Å². The fraction of sp³-hybridized carbons (Fsp3) is 0.500. The highest BCUT2D eigenvalue weighted by atomic mass is 16.5. The highest BCUT2D eigenvalue weighted by Gasteiger charge is 1.93. The van der Waals surface area contributed by atoms with Crippen molar-refractivity contribution in [3.8, 4) is 23.9 Å². The maximum atomic E-state index is 10.3. The number of ether oxygens (including phenoxy) is 2. The maximum Gasteiger partial charge on any atom is 0.305 e. The minimum atomic E-state index is -0.105. The van der Waals surface area contributed by atoms with Crippen molar-refractivity contribution < 1.29 is 19.1 Å². The van der Waals surface area contributed by atoms with E-state index in [4.69, 9.17) is 4.74 Å². The van der Waals surface area contributed by atoms with Crippen molar-refractivity contribution >= 4 is 12.3 Å². The van der Waals surface area contributed by atoms with Crippen molar-refractivity contribution in [1.29, 1.82) is 0 Å². The van der Waals surface area contributed by atoms with Crippen molar-refractivity contribution in [3.63, 3.8) is 0 Å². The number of rotatable bonds is 3. The van der Waals surface area contributed by atoms with E-state index in [1.165, 1.54) is 7.11 Å². The molecule has 0 spiro atoms. The minimum Gasteiger partial charge on any atom is -0.466 e. The van der Waals surface area contributed by atoms with Gasteiger partial charge in [0.25, 0.3) is 0 Å². The Morgan fingerprint density at radius 1 is 1.31 bits per heavy atom. The van der Waals surface area contributed by atoms with Gasteiger partial charge in [-0.15, -0.1) is 0 Å². The summed E-state index contributed by atoms with van der Waals surface area (Å²) in [7, 11) is 1.43. The molecule has 0 radical (unpaired) electrons. The Morgan fingerprint density at radius 3 is 2.44 bits per heavy atom. The third kappa shape index (κ3) is 18.0. The number of methoxy groups -OCH3 is 1. The van der Waals surface area contributed by atoms with Crippen LogP contribution in [-0.4, -0.2) is 26.0 Å². The number of aldehydes is 1. The molecule has 16 heavy (non-hydrogen) atoms. The van der Waals surface area contributed by atoms with Gasteiger partial charge in [0.1, 0.15) is 6.11 Å². The molecule has 0 aliphatic heterocycles. The van der Waals surface area contributed by atoms with Crippen molar-refractivity contribution in [2.75, 3.05) is 13.7 Å². The first-order valence-corrected chi connectivity index (χ1v) is 4.85. The highest BCUT2D eigenvalue weighted by molar-refractivity contribution is 5.73. The Balaban J connectivity index is 0. The zero-order valence-corrected chi connectivity index (χ0v) is 9.83. The Bertz CT molecular complexity index is 298. The second-order valence-electron chi connectivity index (χ2n) is 2.39. The van der Waals surface area contributed by atoms with E-state index in [9.17, 15) is 9.59 Å². The van der Waals surface area contributed by atoms with E-state index < -0.39 is 0 Å². The predicted molar refractivity (Wildman–Crippen MR) is 60.2 cm³/mol. The molecule has 0 bridgehead atoms. The fourth-order valence-electron chi connectivity index (χ4n) is 0.460. The zero-order chi connectivity index (χ0) is 12.6. The Hall–Kier alpha value is -1.94. The second-order valence-corrected chi connectivity index (χ2v) is 2.39. The summed E-state index contributed by atoms with van der Waals surface area (Å²) in [6.07, 6.45) is 4.07. The standard InChI is InChI=1S/C6H4O2.C6H12O2/c1-8-6-4-2-3-5-7;1-3-5-8-6(7)4-2/h5H,1H3;3-5H2,1-2H3. The van der Waals surface area contributed by atoms with Gasteiger partial charge in [0.05, 0.1) is 13.7 Å². The first kappa shape index (κ1) is 16.5. The van der Waals surface area contributed by atoms with Crippen LogP contribution in [0.1, 0.15) is 26.7 Å². The molecule has 0 unspecified atom stereocenters. The highest BCUT2D eigenvalue weighted by Crippen LogP contribution is 1.85. The molecule has 0 atom stereocenters. The van der Waals surface area contributed by atoms with Gasteiger partial charge in [-0.1, -0.05) is 13.8 Å². The first-order valence-electron chi connectivity index (χ1n) is 4.85. The molecule has 0 saturated heterocycles. The van der Waals surface area contributed by atoms with Crippen LogP contribution in [-0.2, 0) is 19.1 Å². The van der Waals surface area contributed by atoms with E-state index in [1.54, 1.807) is 6.92 Å². The molecular weight excluding hydrogens is 208 g/mol. The van der Waals surface area contributed by atoms with Gasteiger partial charge >= 0.3 is 5.97 Å². The summed E-state index contributed by atoms with van der Waals surface area (Å²) in [6, 6.07) is 0. The molecule has 0 aromatic heterocycles. The van der Waals surface area contributed by atoms with Crippen LogP contribution < -0.4 is 0 Å². The molecule has 0 rings (SSSR count). The summed E-state index contributed by atoms with van der Waals surface area (Å²) >= 11 is 0. The van der Waals surface area contributed by atoms with E-state index in [2.05, 4.69) is 28.6 Å². The summed E-state index contributed by atoms with van der Waals surface area (Å²) in [4.78, 5) is 19.8. The van der Waals surface area contributed by atoms with Crippen LogP contribution in [0.3, 0.4) is 0 Å². The molecule has 0 aliphatic rings. The monoisotopic (exact) mass is 224 g/mol. The fourth-order valence-corrected chi connectivity index (χ4v) is 0.460. The average molecular weight is 224 g/mol. The number of carbonyl (C=O) groups is 2. The Labute approximate surface area is 96.3 Å². The third-order valence-electron chi connectivity index (χ3n) is 1.10. The summed E-state index contributed by atoms with van der Waals surface area (Å²) in [5.41, 5.74) is 0. The van der Waals surface area contributed by atoms with Crippen molar-refractivity contribution in [2.24, 2.45) is 0 Å². The van der Waals surface area contributed by atoms with Crippen LogP contribution in [0.5, 0.6) is 0 Å². The molecule has 4 heteroatoms. The van der Waals surface area contributed by atoms with E-state index in [0.717, 1.165) is 6.42 Å². The lowest BCUT2D eigenvalue weighted by Crippen LogP contribution is -2.02. The molecule has 0 amide bonds. The lowest BCUT2D eigenvalue weighted by Gasteiger charge is -1.97. The maximum absolute atomic E-state index is 10.3. The van der Waals surface area contributed by atoms with Gasteiger partial charge in [-0.05, 0) is 18.3 Å². The normalized spacial score (nSPS) is 6.69. The Kier molecular flexibility index (Phi) is 16.0. The van der Waals surface area contributed by atoms with E-state index in [0.29, 0.717) is 19.3 Å². The molecule has 4 nitrogen and oxygen atoms in total. The van der Waals surface area contributed by atoms with Crippen molar-refractivity contribution in [2.45, 2.75) is 26.7 Å². The summed E-state index contributed by atoms with van der Waals surface area (Å²) in [5.74, 6) is 6.50. The average Bonchev–Trinajstić information content (AvgIpc) is 2.32. The molecule has 0 aromatic carbocycles. The van der Waals surface area contributed by atoms with E-state index in [1.807, 2.05) is 6.92 Å². The molecule has 0 fully saturated rings. The van der Waals surface area contributed by atoms with Gasteiger partial charge in [-0.25, -0.2) is 0 Å². The van der Waals surface area contributed by atoms with Gasteiger partial charge in [-0.3, -0.25) is 9.59 Å². The summed E-state index contributed by atoms with van der Waals surface area (Å²) in [6.45, 7) is 4.33. The molecule has 88 valence electrons. The SMILES string of the molecule is CCCOC(=O)CC.COC#CC#CC=O. The molecule has 0 saturated carbocycles. The zero-order valence-electron chi connectivity index (χ0n) is 9.83. The number of hydrogen-bond donors (Lipinski definition) is 0. The third-order valence-corrected chi connectivity index (χ3v) is 1.10. The lowest BCUT2D eigenvalue weighted by atomic mass is 10.5. The van der Waals surface area contributed by atoms with Gasteiger partial charge in [0.2, 0.25) is 0 Å².